The van der Waals surface area contributed by atoms with Gasteiger partial charge in [0.15, 0.2) is 0 Å². The molecule has 0 radical (unpaired) electrons. The van der Waals surface area contributed by atoms with E-state index in [1.807, 2.05) is 6.92 Å². The Kier molecular flexibility index (Phi) is 3.74. The van der Waals surface area contributed by atoms with Crippen LogP contribution in [0, 0.1) is 0 Å². The topological polar surface area (TPSA) is 34.1 Å². The Hall–Kier alpha value is -0.220. The first-order chi connectivity index (χ1) is 7.92. The molecule has 6 heteroatoms. The molecule has 0 bridgehead atoms. The minimum absolute atomic E-state index is 0.0924. The van der Waals surface area contributed by atoms with Crippen molar-refractivity contribution < 1.29 is 4.74 Å². The summed E-state index contributed by atoms with van der Waals surface area (Å²) < 4.78 is 5.54. The molecule has 0 spiro atoms. The average molecular weight is 296 g/mol. The summed E-state index contributed by atoms with van der Waals surface area (Å²) in [6.45, 7) is 4.82. The minimum atomic E-state index is -0.187. The molecule has 2 unspecified atom stereocenters. The molecule has 1 aromatic rings. The van der Waals surface area contributed by atoms with Crippen LogP contribution in [0.2, 0.25) is 15.2 Å². The molecule has 0 saturated carbocycles. The highest BCUT2D eigenvalue weighted by molar-refractivity contribution is 6.42. The number of ether oxygens (including phenoxy) is 1. The second kappa shape index (κ2) is 4.81. The van der Waals surface area contributed by atoms with Crippen LogP contribution in [0.3, 0.4) is 0 Å². The van der Waals surface area contributed by atoms with Gasteiger partial charge in [-0.05, 0) is 26.3 Å². The van der Waals surface area contributed by atoms with Crippen LogP contribution in [-0.2, 0) is 4.74 Å². The normalized spacial score (nSPS) is 28.4. The first-order valence-corrected chi connectivity index (χ1v) is 6.47. The van der Waals surface area contributed by atoms with Crippen LogP contribution < -0.4 is 5.32 Å². The fraction of sp³-hybridized carbons (Fsp3) is 0.545. The third-order valence-corrected chi connectivity index (χ3v) is 4.14. The molecule has 3 nitrogen and oxygen atoms in total. The van der Waals surface area contributed by atoms with Crippen LogP contribution in [0.25, 0.3) is 0 Å². The molecular weight excluding hydrogens is 282 g/mol. The number of rotatable bonds is 2. The van der Waals surface area contributed by atoms with Crippen molar-refractivity contribution in [1.82, 2.24) is 4.98 Å². The van der Waals surface area contributed by atoms with Crippen LogP contribution in [-0.4, -0.2) is 23.2 Å². The van der Waals surface area contributed by atoms with E-state index >= 15 is 0 Å². The van der Waals surface area contributed by atoms with Gasteiger partial charge < -0.3 is 10.1 Å². The Labute approximate surface area is 115 Å². The first kappa shape index (κ1) is 13.2. The van der Waals surface area contributed by atoms with Gasteiger partial charge in [0.25, 0.3) is 0 Å². The molecule has 2 heterocycles. The predicted molar refractivity (Wildman–Crippen MR) is 71.3 cm³/mol. The van der Waals surface area contributed by atoms with Gasteiger partial charge >= 0.3 is 0 Å². The fourth-order valence-electron chi connectivity index (χ4n) is 1.80. The van der Waals surface area contributed by atoms with E-state index in [4.69, 9.17) is 39.5 Å². The minimum Gasteiger partial charge on any atom is -0.376 e. The maximum absolute atomic E-state index is 6.08. The third-order valence-electron chi connectivity index (χ3n) is 3.18. The third kappa shape index (κ3) is 2.63. The zero-order valence-corrected chi connectivity index (χ0v) is 11.8. The van der Waals surface area contributed by atoms with Crippen molar-refractivity contribution in [2.45, 2.75) is 31.9 Å². The van der Waals surface area contributed by atoms with E-state index in [1.165, 1.54) is 0 Å². The number of anilines is 1. The summed E-state index contributed by atoms with van der Waals surface area (Å²) in [5.41, 5.74) is -0.187. The van der Waals surface area contributed by atoms with E-state index in [2.05, 4.69) is 17.2 Å². The van der Waals surface area contributed by atoms with Crippen LogP contribution in [0.4, 0.5) is 5.82 Å². The van der Waals surface area contributed by atoms with Crippen LogP contribution in [0.1, 0.15) is 20.3 Å². The molecule has 0 amide bonds. The van der Waals surface area contributed by atoms with Crippen molar-refractivity contribution in [3.63, 3.8) is 0 Å². The Balaban J connectivity index is 2.27. The van der Waals surface area contributed by atoms with Crippen molar-refractivity contribution in [3.05, 3.63) is 21.3 Å². The van der Waals surface area contributed by atoms with E-state index in [-0.39, 0.29) is 16.8 Å². The van der Waals surface area contributed by atoms with Crippen LogP contribution in [0.15, 0.2) is 6.07 Å². The van der Waals surface area contributed by atoms with Crippen molar-refractivity contribution in [2.75, 3.05) is 11.9 Å². The summed E-state index contributed by atoms with van der Waals surface area (Å²) in [6, 6.07) is 1.59. The summed E-state index contributed by atoms with van der Waals surface area (Å²) >= 11 is 17.8. The number of nitrogens with one attached hydrogen (secondary N) is 1. The molecule has 0 aliphatic carbocycles. The standard InChI is InChI=1S/C11H13Cl3N2O/c1-6-11(2,3-4-17-6)16-10-8(13)5-7(12)9(14)15-10/h5-6H,3-4H2,1-2H3,(H,15,16). The molecule has 1 N–H and O–H groups in total. The maximum Gasteiger partial charge on any atom is 0.150 e. The van der Waals surface area contributed by atoms with Crippen LogP contribution >= 0.6 is 34.8 Å². The van der Waals surface area contributed by atoms with E-state index in [9.17, 15) is 0 Å². The Morgan fingerprint density at radius 2 is 2.12 bits per heavy atom. The molecule has 1 saturated heterocycles. The molecule has 17 heavy (non-hydrogen) atoms. The number of hydrogen-bond donors (Lipinski definition) is 1. The van der Waals surface area contributed by atoms with E-state index in [1.54, 1.807) is 6.07 Å². The van der Waals surface area contributed by atoms with Gasteiger partial charge in [-0.15, -0.1) is 0 Å². The lowest BCUT2D eigenvalue weighted by molar-refractivity contribution is 0.105. The molecule has 1 aliphatic heterocycles. The van der Waals surface area contributed by atoms with Gasteiger partial charge in [-0.1, -0.05) is 34.8 Å². The van der Waals surface area contributed by atoms with Crippen molar-refractivity contribution in [2.24, 2.45) is 0 Å². The van der Waals surface area contributed by atoms with Crippen molar-refractivity contribution >= 4 is 40.6 Å². The van der Waals surface area contributed by atoms with Gasteiger partial charge in [0.05, 0.1) is 21.7 Å². The van der Waals surface area contributed by atoms with E-state index in [0.717, 1.165) is 13.0 Å². The summed E-state index contributed by atoms with van der Waals surface area (Å²) in [5, 5.41) is 4.34. The molecule has 94 valence electrons. The summed E-state index contributed by atoms with van der Waals surface area (Å²) in [5.74, 6) is 0.543. The second-order valence-electron chi connectivity index (χ2n) is 4.40. The van der Waals surface area contributed by atoms with Gasteiger partial charge in [0.1, 0.15) is 11.0 Å². The van der Waals surface area contributed by atoms with Gasteiger partial charge in [0, 0.05) is 6.61 Å². The fourth-order valence-corrected chi connectivity index (χ4v) is 2.35. The zero-order valence-electron chi connectivity index (χ0n) is 9.56. The van der Waals surface area contributed by atoms with Crippen molar-refractivity contribution in [1.29, 1.82) is 0 Å². The average Bonchev–Trinajstić information content (AvgIpc) is 2.56. The summed E-state index contributed by atoms with van der Waals surface area (Å²) in [7, 11) is 0. The van der Waals surface area contributed by atoms with Gasteiger partial charge in [-0.2, -0.15) is 0 Å². The lowest BCUT2D eigenvalue weighted by Crippen LogP contribution is -2.41. The number of aromatic nitrogens is 1. The number of hydrogen-bond acceptors (Lipinski definition) is 3. The molecule has 1 aliphatic rings. The van der Waals surface area contributed by atoms with Crippen LogP contribution in [0.5, 0.6) is 0 Å². The van der Waals surface area contributed by atoms with Crippen molar-refractivity contribution in [3.8, 4) is 0 Å². The predicted octanol–water partition coefficient (Wildman–Crippen LogP) is 4.02. The zero-order chi connectivity index (χ0) is 12.6. The number of pyridine rings is 1. The number of halogens is 3. The Morgan fingerprint density at radius 1 is 1.41 bits per heavy atom. The van der Waals surface area contributed by atoms with E-state index < -0.39 is 0 Å². The highest BCUT2D eigenvalue weighted by Gasteiger charge is 2.37. The lowest BCUT2D eigenvalue weighted by Gasteiger charge is -2.30. The highest BCUT2D eigenvalue weighted by Crippen LogP contribution is 2.34. The Morgan fingerprint density at radius 3 is 2.71 bits per heavy atom. The second-order valence-corrected chi connectivity index (χ2v) is 5.57. The van der Waals surface area contributed by atoms with E-state index in [0.29, 0.717) is 15.9 Å². The molecule has 1 fully saturated rings. The molecule has 2 rings (SSSR count). The van der Waals surface area contributed by atoms with Gasteiger partial charge in [-0.25, -0.2) is 4.98 Å². The molecule has 2 atom stereocenters. The molecular formula is C11H13Cl3N2O. The summed E-state index contributed by atoms with van der Waals surface area (Å²) in [4.78, 5) is 4.15. The first-order valence-electron chi connectivity index (χ1n) is 5.34. The maximum atomic E-state index is 6.08. The Bertz CT molecular complexity index is 441. The monoisotopic (exact) mass is 294 g/mol. The lowest BCUT2D eigenvalue weighted by atomic mass is 9.95. The molecule has 1 aromatic heterocycles. The SMILES string of the molecule is CC1OCCC1(C)Nc1nc(Cl)c(Cl)cc1Cl. The largest absolute Gasteiger partial charge is 0.376 e. The summed E-state index contributed by atoms with van der Waals surface area (Å²) in [6.07, 6.45) is 0.988. The highest BCUT2D eigenvalue weighted by atomic mass is 35.5. The smallest absolute Gasteiger partial charge is 0.150 e. The molecule has 0 aromatic carbocycles. The number of nitrogens with zero attached hydrogens (tertiary/aromatic N) is 1. The van der Waals surface area contributed by atoms with Gasteiger partial charge in [0.2, 0.25) is 0 Å². The quantitative estimate of drug-likeness (QED) is 0.837. The van der Waals surface area contributed by atoms with Gasteiger partial charge in [-0.3, -0.25) is 0 Å².